The highest BCUT2D eigenvalue weighted by Gasteiger charge is 2.10. The van der Waals surface area contributed by atoms with Crippen LogP contribution in [0, 0.1) is 5.92 Å². The van der Waals surface area contributed by atoms with Crippen molar-refractivity contribution >= 4 is 26.7 Å². The molecule has 0 amide bonds. The minimum atomic E-state index is 0.0625. The van der Waals surface area contributed by atoms with E-state index in [1.165, 1.54) is 28.3 Å². The summed E-state index contributed by atoms with van der Waals surface area (Å²) < 4.78 is 0.981. The highest BCUT2D eigenvalue weighted by atomic mass is 79.9. The van der Waals surface area contributed by atoms with E-state index in [0.717, 1.165) is 22.9 Å². The van der Waals surface area contributed by atoms with Crippen LogP contribution < -0.4 is 0 Å². The van der Waals surface area contributed by atoms with E-state index >= 15 is 0 Å². The molecule has 1 nitrogen and oxygen atoms in total. The van der Waals surface area contributed by atoms with Crippen LogP contribution in [0.25, 0.3) is 10.8 Å². The molecule has 2 aromatic carbocycles. The van der Waals surface area contributed by atoms with Crippen molar-refractivity contribution in [2.45, 2.75) is 32.8 Å². The Balaban J connectivity index is 1.93. The molecule has 1 aliphatic rings. The van der Waals surface area contributed by atoms with Crippen LogP contribution in [0.3, 0.4) is 0 Å². The number of aliphatic hydroxyl groups excluding tert-OH is 1. The normalized spacial score (nSPS) is 17.8. The SMILES string of the molecule is CCC1C=CC(Cc2cccc3cc(CO)c(Br)cc23)=CC1. The number of halogens is 1. The van der Waals surface area contributed by atoms with Gasteiger partial charge in [-0.25, -0.2) is 0 Å². The van der Waals surface area contributed by atoms with Crippen molar-refractivity contribution in [1.29, 1.82) is 0 Å². The van der Waals surface area contributed by atoms with Gasteiger partial charge in [0.25, 0.3) is 0 Å². The molecule has 0 saturated heterocycles. The van der Waals surface area contributed by atoms with Gasteiger partial charge < -0.3 is 5.11 Å². The lowest BCUT2D eigenvalue weighted by atomic mass is 9.90. The van der Waals surface area contributed by atoms with Crippen molar-refractivity contribution in [3.8, 4) is 0 Å². The van der Waals surface area contributed by atoms with Crippen molar-refractivity contribution < 1.29 is 5.11 Å². The second kappa shape index (κ2) is 6.80. The number of fused-ring (bicyclic) bond motifs is 1. The fourth-order valence-electron chi connectivity index (χ4n) is 3.05. The number of hydrogen-bond donors (Lipinski definition) is 1. The Bertz CT molecular complexity index is 743. The van der Waals surface area contributed by atoms with Gasteiger partial charge in [-0.15, -0.1) is 0 Å². The smallest absolute Gasteiger partial charge is 0.0693 e. The molecule has 1 unspecified atom stereocenters. The lowest BCUT2D eigenvalue weighted by Crippen LogP contribution is -2.00. The predicted octanol–water partition coefficient (Wildman–Crippen LogP) is 5.55. The summed E-state index contributed by atoms with van der Waals surface area (Å²) in [7, 11) is 0. The first kappa shape index (κ1) is 15.5. The maximum absolute atomic E-state index is 9.41. The van der Waals surface area contributed by atoms with Gasteiger partial charge in [0.2, 0.25) is 0 Å². The third-order valence-electron chi connectivity index (χ3n) is 4.49. The highest BCUT2D eigenvalue weighted by molar-refractivity contribution is 9.10. The van der Waals surface area contributed by atoms with Crippen molar-refractivity contribution in [3.05, 3.63) is 69.7 Å². The van der Waals surface area contributed by atoms with Gasteiger partial charge in [0.15, 0.2) is 0 Å². The summed E-state index contributed by atoms with van der Waals surface area (Å²) in [6, 6.07) is 10.6. The summed E-state index contributed by atoms with van der Waals surface area (Å²) in [4.78, 5) is 0. The largest absolute Gasteiger partial charge is 0.392 e. The highest BCUT2D eigenvalue weighted by Crippen LogP contribution is 2.29. The summed E-state index contributed by atoms with van der Waals surface area (Å²) in [6.45, 7) is 2.31. The third-order valence-corrected chi connectivity index (χ3v) is 5.23. The molecule has 114 valence electrons. The van der Waals surface area contributed by atoms with E-state index in [-0.39, 0.29) is 6.61 Å². The standard InChI is InChI=1S/C20H21BrO/c1-2-14-6-8-15(9-7-14)10-16-4-3-5-17-11-18(13-22)20(21)12-19(16)17/h3-6,8-9,11-12,14,22H,2,7,10,13H2,1H3. The van der Waals surface area contributed by atoms with Crippen molar-refractivity contribution in [2.24, 2.45) is 5.92 Å². The van der Waals surface area contributed by atoms with Gasteiger partial charge in [-0.2, -0.15) is 0 Å². The molecule has 2 heteroatoms. The zero-order chi connectivity index (χ0) is 15.5. The molecule has 0 spiro atoms. The maximum atomic E-state index is 9.41. The van der Waals surface area contributed by atoms with E-state index in [9.17, 15) is 5.11 Å². The predicted molar refractivity (Wildman–Crippen MR) is 96.9 cm³/mol. The molecular formula is C20H21BrO. The fraction of sp³-hybridized carbons (Fsp3) is 0.300. The Hall–Kier alpha value is -1.38. The number of allylic oxidation sites excluding steroid dienone is 4. The third kappa shape index (κ3) is 3.18. The molecule has 2 aromatic rings. The molecule has 1 N–H and O–H groups in total. The lowest BCUT2D eigenvalue weighted by Gasteiger charge is -2.15. The molecule has 1 aliphatic carbocycles. The lowest BCUT2D eigenvalue weighted by molar-refractivity contribution is 0.281. The molecule has 1 atom stereocenters. The van der Waals surface area contributed by atoms with E-state index in [1.54, 1.807) is 0 Å². The van der Waals surface area contributed by atoms with Gasteiger partial charge in [0.1, 0.15) is 0 Å². The minimum Gasteiger partial charge on any atom is -0.392 e. The van der Waals surface area contributed by atoms with Crippen LogP contribution in [0.1, 0.15) is 30.9 Å². The van der Waals surface area contributed by atoms with E-state index in [4.69, 9.17) is 0 Å². The number of rotatable bonds is 4. The molecule has 22 heavy (non-hydrogen) atoms. The molecule has 0 heterocycles. The Kier molecular flexibility index (Phi) is 4.80. The zero-order valence-corrected chi connectivity index (χ0v) is 14.4. The molecule has 3 rings (SSSR count). The molecule has 0 aromatic heterocycles. The van der Waals surface area contributed by atoms with Crippen LogP contribution >= 0.6 is 15.9 Å². The van der Waals surface area contributed by atoms with Gasteiger partial charge in [0.05, 0.1) is 6.61 Å². The fourth-order valence-corrected chi connectivity index (χ4v) is 3.52. The summed E-state index contributed by atoms with van der Waals surface area (Å²) in [6.07, 6.45) is 10.4. The zero-order valence-electron chi connectivity index (χ0n) is 12.8. The molecular weight excluding hydrogens is 336 g/mol. The Morgan fingerprint density at radius 3 is 2.77 bits per heavy atom. The van der Waals surface area contributed by atoms with Gasteiger partial charge in [0, 0.05) is 4.47 Å². The van der Waals surface area contributed by atoms with Crippen LogP contribution in [-0.4, -0.2) is 5.11 Å². The average Bonchev–Trinajstić information content (AvgIpc) is 2.55. The molecule has 0 bridgehead atoms. The quantitative estimate of drug-likeness (QED) is 0.761. The van der Waals surface area contributed by atoms with E-state index in [1.807, 2.05) is 0 Å². The molecule has 0 aliphatic heterocycles. The van der Waals surface area contributed by atoms with Gasteiger partial charge in [-0.05, 0) is 64.8 Å². The van der Waals surface area contributed by atoms with Gasteiger partial charge >= 0.3 is 0 Å². The first-order valence-corrected chi connectivity index (χ1v) is 8.68. The maximum Gasteiger partial charge on any atom is 0.0693 e. The number of hydrogen-bond acceptors (Lipinski definition) is 1. The Morgan fingerprint density at radius 1 is 1.23 bits per heavy atom. The van der Waals surface area contributed by atoms with Crippen molar-refractivity contribution in [1.82, 2.24) is 0 Å². The molecule has 0 radical (unpaired) electrons. The van der Waals surface area contributed by atoms with Gasteiger partial charge in [-0.3, -0.25) is 0 Å². The average molecular weight is 357 g/mol. The van der Waals surface area contributed by atoms with Crippen molar-refractivity contribution in [2.75, 3.05) is 0 Å². The second-order valence-corrected chi connectivity index (χ2v) is 6.81. The summed E-state index contributed by atoms with van der Waals surface area (Å²) in [5, 5.41) is 11.9. The minimum absolute atomic E-state index is 0.0625. The summed E-state index contributed by atoms with van der Waals surface area (Å²) in [5.74, 6) is 0.706. The second-order valence-electron chi connectivity index (χ2n) is 5.96. The molecule has 0 fully saturated rings. The van der Waals surface area contributed by atoms with Crippen LogP contribution in [0.2, 0.25) is 0 Å². The van der Waals surface area contributed by atoms with Gasteiger partial charge in [-0.1, -0.05) is 59.3 Å². The van der Waals surface area contributed by atoms with Crippen LogP contribution in [0.5, 0.6) is 0 Å². The summed E-state index contributed by atoms with van der Waals surface area (Å²) >= 11 is 3.57. The van der Waals surface area contributed by atoms with Crippen molar-refractivity contribution in [3.63, 3.8) is 0 Å². The number of aliphatic hydroxyl groups is 1. The van der Waals surface area contributed by atoms with Crippen LogP contribution in [0.4, 0.5) is 0 Å². The van der Waals surface area contributed by atoms with Crippen LogP contribution in [0.15, 0.2) is 58.6 Å². The topological polar surface area (TPSA) is 20.2 Å². The summed E-state index contributed by atoms with van der Waals surface area (Å²) in [5.41, 5.74) is 3.68. The van der Waals surface area contributed by atoms with E-state index in [2.05, 4.69) is 71.4 Å². The Morgan fingerprint density at radius 2 is 2.09 bits per heavy atom. The first-order valence-electron chi connectivity index (χ1n) is 7.89. The molecule has 0 saturated carbocycles. The first-order chi connectivity index (χ1) is 10.7. The van der Waals surface area contributed by atoms with E-state index in [0.29, 0.717) is 5.92 Å². The van der Waals surface area contributed by atoms with E-state index < -0.39 is 0 Å². The van der Waals surface area contributed by atoms with Crippen LogP contribution in [-0.2, 0) is 13.0 Å². The number of benzene rings is 2. The Labute approximate surface area is 140 Å². The monoisotopic (exact) mass is 356 g/mol.